The Labute approximate surface area is 80.7 Å². The maximum absolute atomic E-state index is 5.51. The predicted octanol–water partition coefficient (Wildman–Crippen LogP) is 3.23. The number of ether oxygens (including phenoxy) is 1. The second-order valence-electron chi connectivity index (χ2n) is 3.18. The van der Waals surface area contributed by atoms with Crippen LogP contribution < -0.4 is 4.74 Å². The number of rotatable bonds is 5. The molecule has 0 aliphatic rings. The van der Waals surface area contributed by atoms with Gasteiger partial charge in [-0.1, -0.05) is 26.3 Å². The van der Waals surface area contributed by atoms with Crippen LogP contribution >= 0.6 is 0 Å². The molecule has 0 bridgehead atoms. The summed E-state index contributed by atoms with van der Waals surface area (Å²) in [5.74, 6) is 0.952. The van der Waals surface area contributed by atoms with E-state index in [9.17, 15) is 0 Å². The largest absolute Gasteiger partial charge is 0.494 e. The molecule has 1 nitrogen and oxygen atoms in total. The molecular weight excluding hydrogens is 160 g/mol. The molecule has 0 spiro atoms. The van der Waals surface area contributed by atoms with Gasteiger partial charge >= 0.3 is 0 Å². The van der Waals surface area contributed by atoms with E-state index in [1.165, 1.54) is 12.0 Å². The Morgan fingerprint density at radius 1 is 1.23 bits per heavy atom. The molecule has 13 heavy (non-hydrogen) atoms. The van der Waals surface area contributed by atoms with Gasteiger partial charge in [0.15, 0.2) is 0 Å². The molecule has 0 unspecified atom stereocenters. The van der Waals surface area contributed by atoms with Crippen molar-refractivity contribution in [3.05, 3.63) is 29.8 Å². The van der Waals surface area contributed by atoms with E-state index in [2.05, 4.69) is 26.0 Å². The van der Waals surface area contributed by atoms with Crippen molar-refractivity contribution >= 4 is 0 Å². The first-order chi connectivity index (χ1) is 6.36. The normalized spacial score (nSPS) is 10.0. The van der Waals surface area contributed by atoms with Crippen LogP contribution in [0.4, 0.5) is 0 Å². The highest BCUT2D eigenvalue weighted by Gasteiger charge is 1.95. The summed E-state index contributed by atoms with van der Waals surface area (Å²) in [6.45, 7) is 5.09. The Morgan fingerprint density at radius 3 is 2.77 bits per heavy atom. The van der Waals surface area contributed by atoms with Gasteiger partial charge < -0.3 is 4.74 Å². The minimum atomic E-state index is 0.795. The summed E-state index contributed by atoms with van der Waals surface area (Å²) in [4.78, 5) is 0. The molecule has 1 aromatic rings. The Kier molecular flexibility index (Phi) is 4.37. The Balaban J connectivity index is 2.56. The molecule has 71 valence electrons. The van der Waals surface area contributed by atoms with Gasteiger partial charge in [0.1, 0.15) is 5.75 Å². The summed E-state index contributed by atoms with van der Waals surface area (Å²) in [5.41, 5.74) is 1.32. The summed E-state index contributed by atoms with van der Waals surface area (Å²) < 4.78 is 5.51. The van der Waals surface area contributed by atoms with E-state index >= 15 is 0 Å². The van der Waals surface area contributed by atoms with Crippen LogP contribution in [0, 0.1) is 6.07 Å². The highest BCUT2D eigenvalue weighted by atomic mass is 16.5. The third-order valence-electron chi connectivity index (χ3n) is 1.83. The van der Waals surface area contributed by atoms with Crippen LogP contribution in [-0.4, -0.2) is 6.61 Å². The highest BCUT2D eigenvalue weighted by Crippen LogP contribution is 2.14. The van der Waals surface area contributed by atoms with E-state index in [-0.39, 0.29) is 0 Å². The molecule has 0 aromatic heterocycles. The predicted molar refractivity (Wildman–Crippen MR) is 55.1 cm³/mol. The Hall–Kier alpha value is -0.980. The first-order valence-electron chi connectivity index (χ1n) is 4.99. The van der Waals surface area contributed by atoms with Gasteiger partial charge in [0.05, 0.1) is 6.61 Å². The van der Waals surface area contributed by atoms with Crippen molar-refractivity contribution in [3.8, 4) is 5.75 Å². The minimum Gasteiger partial charge on any atom is -0.494 e. The first-order valence-corrected chi connectivity index (χ1v) is 4.99. The molecule has 0 aliphatic heterocycles. The fourth-order valence-electron chi connectivity index (χ4n) is 1.23. The standard InChI is InChI=1S/C12H17O/c1-3-6-11-7-5-8-12(10-11)13-9-4-2/h7-8,10H,3-4,6,9H2,1-2H3. The molecule has 1 heteroatoms. The lowest BCUT2D eigenvalue weighted by molar-refractivity contribution is 0.317. The molecule has 0 atom stereocenters. The molecule has 0 amide bonds. The van der Waals surface area contributed by atoms with Crippen LogP contribution in [0.15, 0.2) is 18.2 Å². The molecule has 0 fully saturated rings. The zero-order valence-electron chi connectivity index (χ0n) is 8.47. The van der Waals surface area contributed by atoms with Crippen molar-refractivity contribution in [3.63, 3.8) is 0 Å². The van der Waals surface area contributed by atoms with Crippen LogP contribution in [0.25, 0.3) is 0 Å². The van der Waals surface area contributed by atoms with Crippen molar-refractivity contribution in [1.29, 1.82) is 0 Å². The van der Waals surface area contributed by atoms with Gasteiger partial charge in [0.25, 0.3) is 0 Å². The number of hydrogen-bond acceptors (Lipinski definition) is 1. The van der Waals surface area contributed by atoms with E-state index in [1.807, 2.05) is 12.1 Å². The van der Waals surface area contributed by atoms with Crippen molar-refractivity contribution < 1.29 is 4.74 Å². The molecule has 0 saturated heterocycles. The van der Waals surface area contributed by atoms with E-state index in [4.69, 9.17) is 4.74 Å². The van der Waals surface area contributed by atoms with Gasteiger partial charge in [-0.2, -0.15) is 0 Å². The molecule has 0 aliphatic carbocycles. The van der Waals surface area contributed by atoms with Crippen LogP contribution in [0.3, 0.4) is 0 Å². The zero-order valence-corrected chi connectivity index (χ0v) is 8.47. The fraction of sp³-hybridized carbons (Fsp3) is 0.500. The first kappa shape index (κ1) is 10.1. The lowest BCUT2D eigenvalue weighted by Gasteiger charge is -2.05. The van der Waals surface area contributed by atoms with Crippen LogP contribution in [0.2, 0.25) is 0 Å². The maximum atomic E-state index is 5.51. The average molecular weight is 177 g/mol. The van der Waals surface area contributed by atoms with E-state index in [1.54, 1.807) is 0 Å². The topological polar surface area (TPSA) is 9.23 Å². The molecule has 1 rings (SSSR count). The molecule has 0 saturated carbocycles. The van der Waals surface area contributed by atoms with Crippen molar-refractivity contribution in [2.45, 2.75) is 33.1 Å². The van der Waals surface area contributed by atoms with Gasteiger partial charge in [-0.15, -0.1) is 0 Å². The van der Waals surface area contributed by atoms with Crippen LogP contribution in [0.1, 0.15) is 32.3 Å². The number of hydrogen-bond donors (Lipinski definition) is 0. The lowest BCUT2D eigenvalue weighted by atomic mass is 10.1. The van der Waals surface area contributed by atoms with E-state index in [0.717, 1.165) is 25.2 Å². The monoisotopic (exact) mass is 177 g/mol. The summed E-state index contributed by atoms with van der Waals surface area (Å²) in [6, 6.07) is 9.13. The third-order valence-corrected chi connectivity index (χ3v) is 1.83. The summed E-state index contributed by atoms with van der Waals surface area (Å²) in [6.07, 6.45) is 3.34. The van der Waals surface area contributed by atoms with E-state index in [0.29, 0.717) is 0 Å². The fourth-order valence-corrected chi connectivity index (χ4v) is 1.23. The quantitative estimate of drug-likeness (QED) is 0.671. The van der Waals surface area contributed by atoms with Crippen molar-refractivity contribution in [2.24, 2.45) is 0 Å². The summed E-state index contributed by atoms with van der Waals surface area (Å²) in [5, 5.41) is 0. The third kappa shape index (κ3) is 3.49. The summed E-state index contributed by atoms with van der Waals surface area (Å²) >= 11 is 0. The van der Waals surface area contributed by atoms with Crippen LogP contribution in [-0.2, 0) is 6.42 Å². The molecule has 0 N–H and O–H groups in total. The molecule has 0 heterocycles. The van der Waals surface area contributed by atoms with Gasteiger partial charge in [-0.25, -0.2) is 0 Å². The van der Waals surface area contributed by atoms with Crippen molar-refractivity contribution in [1.82, 2.24) is 0 Å². The highest BCUT2D eigenvalue weighted by molar-refractivity contribution is 5.27. The maximum Gasteiger partial charge on any atom is 0.120 e. The second kappa shape index (κ2) is 5.63. The van der Waals surface area contributed by atoms with Gasteiger partial charge in [-0.3, -0.25) is 0 Å². The molecule has 1 radical (unpaired) electrons. The lowest BCUT2D eigenvalue weighted by Crippen LogP contribution is -1.95. The second-order valence-corrected chi connectivity index (χ2v) is 3.18. The number of aryl methyl sites for hydroxylation is 1. The Bertz CT molecular complexity index is 243. The van der Waals surface area contributed by atoms with Gasteiger partial charge in [0, 0.05) is 0 Å². The van der Waals surface area contributed by atoms with Gasteiger partial charge in [-0.05, 0) is 36.6 Å². The SMILES string of the molecule is CCCOc1c[c]cc(CCC)c1. The molecular formula is C12H17O. The zero-order chi connectivity index (χ0) is 9.52. The van der Waals surface area contributed by atoms with Gasteiger partial charge in [0.2, 0.25) is 0 Å². The minimum absolute atomic E-state index is 0.795. The van der Waals surface area contributed by atoms with Crippen molar-refractivity contribution in [2.75, 3.05) is 6.61 Å². The Morgan fingerprint density at radius 2 is 2.08 bits per heavy atom. The van der Waals surface area contributed by atoms with Crippen LogP contribution in [0.5, 0.6) is 5.75 Å². The summed E-state index contributed by atoms with van der Waals surface area (Å²) in [7, 11) is 0. The van der Waals surface area contributed by atoms with E-state index < -0.39 is 0 Å². The molecule has 1 aromatic carbocycles. The smallest absolute Gasteiger partial charge is 0.120 e. The number of benzene rings is 1. The average Bonchev–Trinajstić information content (AvgIpc) is 2.16.